The molecule has 0 bridgehead atoms. The number of benzene rings is 4. The maximum absolute atomic E-state index is 6.53. The third kappa shape index (κ3) is 4.10. The monoisotopic (exact) mass is 720 g/mol. The van der Waals surface area contributed by atoms with Crippen LogP contribution in [0.5, 0.6) is 0 Å². The number of hydrogen-bond acceptors (Lipinski definition) is 8. The highest BCUT2D eigenvalue weighted by Gasteiger charge is 2.50. The van der Waals surface area contributed by atoms with Crippen LogP contribution in [0.3, 0.4) is 0 Å². The highest BCUT2D eigenvalue weighted by atomic mass is 16.4. The standard InChI is InChI=1S/C42H28B4N8O2/c1-3-15-35-33(13-1)47-41-53(35)37-17-9-11-31(39(37)55-41)29-19-25-51-44-22-6-8-24-50(44)46-28-30(20-26-52(46)43-21-5-7-23-49(43)45(51)27-29)32-12-10-18-38-40(32)56-42-48-34-14-2-4-16-36(34)54(38)42/h1-28H. The zero-order chi connectivity index (χ0) is 36.5. The van der Waals surface area contributed by atoms with Crippen LogP contribution in [0.1, 0.15) is 11.1 Å². The summed E-state index contributed by atoms with van der Waals surface area (Å²) >= 11 is 0. The van der Waals surface area contributed by atoms with Crippen LogP contribution in [-0.4, -0.2) is 65.6 Å². The van der Waals surface area contributed by atoms with Crippen molar-refractivity contribution in [3.63, 3.8) is 0 Å². The Morgan fingerprint density at radius 2 is 0.875 bits per heavy atom. The van der Waals surface area contributed by atoms with E-state index in [4.69, 9.17) is 18.8 Å². The third-order valence-corrected chi connectivity index (χ3v) is 11.8. The zero-order valence-corrected chi connectivity index (χ0v) is 29.9. The minimum Gasteiger partial charge on any atom is -0.423 e. The van der Waals surface area contributed by atoms with Crippen LogP contribution < -0.4 is 0 Å². The van der Waals surface area contributed by atoms with Crippen molar-refractivity contribution in [2.75, 3.05) is 0 Å². The van der Waals surface area contributed by atoms with Crippen molar-refractivity contribution in [1.29, 1.82) is 0 Å². The van der Waals surface area contributed by atoms with Crippen molar-refractivity contribution >= 4 is 95.0 Å². The van der Waals surface area contributed by atoms with Crippen molar-refractivity contribution in [2.24, 2.45) is 0 Å². The van der Waals surface area contributed by atoms with Gasteiger partial charge in [0.25, 0.3) is 0 Å². The van der Waals surface area contributed by atoms with Gasteiger partial charge in [0, 0.05) is 11.1 Å². The van der Waals surface area contributed by atoms with E-state index >= 15 is 0 Å². The van der Waals surface area contributed by atoms with Crippen molar-refractivity contribution in [2.45, 2.75) is 0 Å². The molecule has 0 saturated carbocycles. The summed E-state index contributed by atoms with van der Waals surface area (Å²) in [4.78, 5) is 9.61. The maximum Gasteiger partial charge on any atom is 0.381 e. The molecule has 5 aliphatic rings. The molecule has 0 aliphatic carbocycles. The molecule has 13 rings (SSSR count). The van der Waals surface area contributed by atoms with Crippen molar-refractivity contribution in [3.05, 3.63) is 181 Å². The Kier molecular flexibility index (Phi) is 6.02. The van der Waals surface area contributed by atoms with Crippen LogP contribution in [0.2, 0.25) is 0 Å². The molecule has 0 amide bonds. The Morgan fingerprint density at radius 3 is 1.38 bits per heavy atom. The lowest BCUT2D eigenvalue weighted by Gasteiger charge is -2.53. The molecule has 9 heterocycles. The van der Waals surface area contributed by atoms with Crippen LogP contribution in [0, 0.1) is 0 Å². The Hall–Kier alpha value is -7.20. The Balaban J connectivity index is 0.923. The van der Waals surface area contributed by atoms with Gasteiger partial charge in [0.05, 0.1) is 33.1 Å². The molecule has 10 nitrogen and oxygen atoms in total. The van der Waals surface area contributed by atoms with Crippen molar-refractivity contribution < 1.29 is 8.83 Å². The molecule has 0 N–H and O–H groups in total. The quantitative estimate of drug-likeness (QED) is 0.168. The van der Waals surface area contributed by atoms with Gasteiger partial charge in [0.1, 0.15) is 0 Å². The van der Waals surface area contributed by atoms with Gasteiger partial charge in [-0.3, -0.25) is 8.80 Å². The van der Waals surface area contributed by atoms with Gasteiger partial charge in [-0.05, 0) is 96.6 Å². The second-order valence-electron chi connectivity index (χ2n) is 14.7. The number of para-hydroxylation sites is 6. The Morgan fingerprint density at radius 1 is 0.429 bits per heavy atom. The molecule has 0 atom stereocenters. The minimum atomic E-state index is -0.109. The molecule has 260 valence electrons. The van der Waals surface area contributed by atoms with Crippen LogP contribution in [0.25, 0.3) is 67.1 Å². The lowest BCUT2D eigenvalue weighted by atomic mass is 9.41. The summed E-state index contributed by atoms with van der Waals surface area (Å²) in [5.74, 6) is 10.5. The van der Waals surface area contributed by atoms with Gasteiger partial charge < -0.3 is 27.7 Å². The highest BCUT2D eigenvalue weighted by molar-refractivity contribution is 6.92. The first-order valence-electron chi connectivity index (χ1n) is 18.9. The molecule has 4 aromatic heterocycles. The first-order valence-corrected chi connectivity index (χ1v) is 18.9. The fourth-order valence-electron chi connectivity index (χ4n) is 9.30. The lowest BCUT2D eigenvalue weighted by Crippen LogP contribution is -2.73. The summed E-state index contributed by atoms with van der Waals surface area (Å²) < 4.78 is 27.1. The van der Waals surface area contributed by atoms with Crippen LogP contribution in [0.15, 0.2) is 179 Å². The van der Waals surface area contributed by atoms with Crippen LogP contribution in [-0.2, 0) is 0 Å². The maximum atomic E-state index is 6.53. The first kappa shape index (κ1) is 30.2. The van der Waals surface area contributed by atoms with Gasteiger partial charge in [0.2, 0.25) is 0 Å². The first-order chi connectivity index (χ1) is 27.8. The molecular weight excluding hydrogens is 692 g/mol. The highest BCUT2D eigenvalue weighted by Crippen LogP contribution is 2.38. The second kappa shape index (κ2) is 11.2. The number of oxazole rings is 2. The molecule has 8 aromatic rings. The molecule has 0 unspecified atom stereocenters. The summed E-state index contributed by atoms with van der Waals surface area (Å²) in [7, 11) is 0. The van der Waals surface area contributed by atoms with E-state index in [0.717, 1.165) is 66.5 Å². The fourth-order valence-corrected chi connectivity index (χ4v) is 9.30. The number of hydrogen-bond donors (Lipinski definition) is 0. The predicted molar refractivity (Wildman–Crippen MR) is 226 cm³/mol. The van der Waals surface area contributed by atoms with E-state index in [1.807, 2.05) is 36.4 Å². The van der Waals surface area contributed by atoms with Crippen molar-refractivity contribution in [3.8, 4) is 0 Å². The molecular formula is C42H28B4N8O2. The average Bonchev–Trinajstić information content (AvgIpc) is 4.01. The SMILES string of the molecule is C1=CB2N(C=C1)B1C=C(c3cccc4c3oc3nc5ccccc5n34)C=CN1B1C=CC=CN1B1C=C(c3cccc4c3oc3nc5ccccc5n34)C=CN21. The molecule has 4 aromatic carbocycles. The second-order valence-corrected chi connectivity index (χ2v) is 14.7. The van der Waals surface area contributed by atoms with E-state index in [1.54, 1.807) is 0 Å². The van der Waals surface area contributed by atoms with Crippen molar-refractivity contribution in [1.82, 2.24) is 37.7 Å². The van der Waals surface area contributed by atoms with Crippen LogP contribution >= 0.6 is 0 Å². The molecule has 1 fully saturated rings. The predicted octanol–water partition coefficient (Wildman–Crippen LogP) is 7.80. The smallest absolute Gasteiger partial charge is 0.381 e. The topological polar surface area (TPSA) is 73.8 Å². The molecule has 0 spiro atoms. The minimum absolute atomic E-state index is 0.0704. The molecule has 5 aliphatic heterocycles. The number of allylic oxidation sites excluding steroid dienone is 8. The lowest BCUT2D eigenvalue weighted by molar-refractivity contribution is 0.622. The van der Waals surface area contributed by atoms with Gasteiger partial charge >= 0.3 is 39.6 Å². The molecule has 56 heavy (non-hydrogen) atoms. The number of rotatable bonds is 2. The summed E-state index contributed by atoms with van der Waals surface area (Å²) in [5.41, 5.74) is 11.8. The molecule has 1 saturated heterocycles. The van der Waals surface area contributed by atoms with E-state index in [1.165, 1.54) is 0 Å². The van der Waals surface area contributed by atoms with E-state index in [0.29, 0.717) is 11.7 Å². The Labute approximate surface area is 321 Å². The number of aromatic nitrogens is 4. The normalized spacial score (nSPS) is 17.5. The zero-order valence-electron chi connectivity index (χ0n) is 29.9. The van der Waals surface area contributed by atoms with Gasteiger partial charge in [-0.1, -0.05) is 84.6 Å². The van der Waals surface area contributed by atoms with Gasteiger partial charge in [-0.2, -0.15) is 9.97 Å². The van der Waals surface area contributed by atoms with E-state index in [2.05, 4.69) is 161 Å². The summed E-state index contributed by atoms with van der Waals surface area (Å²) in [6.45, 7) is -0.358. The molecule has 0 radical (unpaired) electrons. The van der Waals surface area contributed by atoms with E-state index in [-0.39, 0.29) is 27.9 Å². The number of fused-ring (bicyclic) bond motifs is 18. The van der Waals surface area contributed by atoms with Gasteiger partial charge in [0.15, 0.2) is 11.2 Å². The average molecular weight is 720 g/mol. The van der Waals surface area contributed by atoms with E-state index < -0.39 is 0 Å². The molecule has 14 heteroatoms. The number of imidazole rings is 2. The summed E-state index contributed by atoms with van der Waals surface area (Å²) in [6.07, 6.45) is 21.9. The fraction of sp³-hybridized carbons (Fsp3) is 0. The van der Waals surface area contributed by atoms with Crippen LogP contribution in [0.4, 0.5) is 0 Å². The van der Waals surface area contributed by atoms with Gasteiger partial charge in [-0.15, -0.1) is 0 Å². The van der Waals surface area contributed by atoms with E-state index in [9.17, 15) is 0 Å². The Bertz CT molecular complexity index is 3020. The summed E-state index contributed by atoms with van der Waals surface area (Å²) in [6, 6.07) is 29.1. The van der Waals surface area contributed by atoms with Gasteiger partial charge in [-0.25, -0.2) is 0 Å². The third-order valence-electron chi connectivity index (χ3n) is 11.8. The largest absolute Gasteiger partial charge is 0.423 e. The summed E-state index contributed by atoms with van der Waals surface area (Å²) in [5, 5.41) is 0. The number of nitrogens with zero attached hydrogens (tertiary/aromatic N) is 8.